The molecule has 1 aromatic heterocycles. The molecule has 2 aromatic rings. The Kier molecular flexibility index (Phi) is 5.05. The first-order chi connectivity index (χ1) is 11.7. The minimum absolute atomic E-state index is 0.00759. The van der Waals surface area contributed by atoms with E-state index in [0.29, 0.717) is 11.5 Å². The topological polar surface area (TPSA) is 61.4 Å². The van der Waals surface area contributed by atoms with Crippen LogP contribution in [-0.4, -0.2) is 58.4 Å². The number of carbonyl (C=O) groups excluding carboxylic acids is 1. The van der Waals surface area contributed by atoms with Gasteiger partial charge in [-0.25, -0.2) is 9.97 Å². The number of benzene rings is 1. The van der Waals surface area contributed by atoms with Crippen molar-refractivity contribution in [2.45, 2.75) is 13.8 Å². The number of nitrogens with zero attached hydrogens (tertiary/aromatic N) is 4. The van der Waals surface area contributed by atoms with E-state index in [1.807, 2.05) is 36.1 Å². The Hall–Kier alpha value is -2.47. The van der Waals surface area contributed by atoms with Gasteiger partial charge in [0, 0.05) is 44.3 Å². The predicted molar refractivity (Wildman–Crippen MR) is 94.5 cm³/mol. The zero-order valence-corrected chi connectivity index (χ0v) is 14.2. The summed E-state index contributed by atoms with van der Waals surface area (Å²) in [6.45, 7) is 8.57. The molecule has 1 amide bonds. The van der Waals surface area contributed by atoms with Crippen molar-refractivity contribution in [3.63, 3.8) is 0 Å². The van der Waals surface area contributed by atoms with Gasteiger partial charge in [0.15, 0.2) is 0 Å². The molecule has 2 heterocycles. The summed E-state index contributed by atoms with van der Waals surface area (Å²) in [6.07, 6.45) is 3.20. The quantitative estimate of drug-likeness (QED) is 0.935. The van der Waals surface area contributed by atoms with Crippen LogP contribution in [0.3, 0.4) is 0 Å². The van der Waals surface area contributed by atoms with E-state index in [-0.39, 0.29) is 5.91 Å². The van der Waals surface area contributed by atoms with Gasteiger partial charge >= 0.3 is 0 Å². The minimum Gasteiger partial charge on any atom is -0.336 e. The molecule has 0 unspecified atom stereocenters. The smallest absolute Gasteiger partial charge is 0.257 e. The third-order valence-electron chi connectivity index (χ3n) is 4.40. The van der Waals surface area contributed by atoms with Crippen molar-refractivity contribution >= 4 is 17.5 Å². The van der Waals surface area contributed by atoms with Gasteiger partial charge in [0.1, 0.15) is 0 Å². The first-order valence-electron chi connectivity index (χ1n) is 8.33. The zero-order valence-electron chi connectivity index (χ0n) is 14.2. The first-order valence-corrected chi connectivity index (χ1v) is 8.33. The summed E-state index contributed by atoms with van der Waals surface area (Å²) in [5.41, 5.74) is 2.62. The second-order valence-corrected chi connectivity index (χ2v) is 5.96. The maximum absolute atomic E-state index is 12.5. The molecule has 0 bridgehead atoms. The van der Waals surface area contributed by atoms with Crippen molar-refractivity contribution in [1.82, 2.24) is 19.8 Å². The van der Waals surface area contributed by atoms with E-state index in [2.05, 4.69) is 27.1 Å². The molecule has 0 radical (unpaired) electrons. The minimum atomic E-state index is 0.00759. The maximum Gasteiger partial charge on any atom is 0.257 e. The summed E-state index contributed by atoms with van der Waals surface area (Å²) >= 11 is 0. The second kappa shape index (κ2) is 7.40. The largest absolute Gasteiger partial charge is 0.336 e. The highest BCUT2D eigenvalue weighted by molar-refractivity contribution is 5.93. The Labute approximate surface area is 142 Å². The molecular formula is C18H23N5O. The number of likely N-dealkylation sites (N-methyl/N-ethyl adjacent to an activating group) is 1. The van der Waals surface area contributed by atoms with Crippen LogP contribution in [0.1, 0.15) is 22.8 Å². The van der Waals surface area contributed by atoms with Crippen molar-refractivity contribution in [3.8, 4) is 0 Å². The third-order valence-corrected chi connectivity index (χ3v) is 4.40. The van der Waals surface area contributed by atoms with E-state index in [0.717, 1.165) is 44.0 Å². The molecule has 0 spiro atoms. The molecule has 6 heteroatoms. The Morgan fingerprint density at radius 3 is 2.42 bits per heavy atom. The summed E-state index contributed by atoms with van der Waals surface area (Å²) in [7, 11) is 0. The molecule has 3 rings (SSSR count). The van der Waals surface area contributed by atoms with E-state index in [1.54, 1.807) is 12.4 Å². The fourth-order valence-electron chi connectivity index (χ4n) is 2.79. The molecule has 1 aliphatic rings. The fraction of sp³-hybridized carbons (Fsp3) is 0.389. The van der Waals surface area contributed by atoms with Crippen LogP contribution in [0.5, 0.6) is 0 Å². The van der Waals surface area contributed by atoms with E-state index < -0.39 is 0 Å². The van der Waals surface area contributed by atoms with Gasteiger partial charge in [-0.15, -0.1) is 0 Å². The van der Waals surface area contributed by atoms with Gasteiger partial charge in [0.25, 0.3) is 5.91 Å². The lowest BCUT2D eigenvalue weighted by Gasteiger charge is -2.33. The van der Waals surface area contributed by atoms with Gasteiger partial charge in [-0.1, -0.05) is 25.1 Å². The summed E-state index contributed by atoms with van der Waals surface area (Å²) in [5, 5.41) is 3.18. The average molecular weight is 325 g/mol. The van der Waals surface area contributed by atoms with Crippen LogP contribution in [0, 0.1) is 6.92 Å². The SMILES string of the molecule is CCN1CCN(C(=O)c2cnc(Nc3ccccc3C)nc2)CC1. The first kappa shape index (κ1) is 16.4. The number of anilines is 2. The van der Waals surface area contributed by atoms with Gasteiger partial charge in [-0.3, -0.25) is 4.79 Å². The van der Waals surface area contributed by atoms with Crippen molar-refractivity contribution in [1.29, 1.82) is 0 Å². The van der Waals surface area contributed by atoms with Crippen LogP contribution in [0.4, 0.5) is 11.6 Å². The second-order valence-electron chi connectivity index (χ2n) is 5.96. The number of nitrogens with one attached hydrogen (secondary N) is 1. The van der Waals surface area contributed by atoms with Crippen LogP contribution in [0.25, 0.3) is 0 Å². The highest BCUT2D eigenvalue weighted by Crippen LogP contribution is 2.17. The number of para-hydroxylation sites is 1. The van der Waals surface area contributed by atoms with Crippen LogP contribution in [-0.2, 0) is 0 Å². The fourth-order valence-corrected chi connectivity index (χ4v) is 2.79. The Morgan fingerprint density at radius 2 is 1.79 bits per heavy atom. The van der Waals surface area contributed by atoms with Crippen LogP contribution in [0.2, 0.25) is 0 Å². The van der Waals surface area contributed by atoms with Crippen LogP contribution >= 0.6 is 0 Å². The van der Waals surface area contributed by atoms with Gasteiger partial charge < -0.3 is 15.1 Å². The lowest BCUT2D eigenvalue weighted by atomic mass is 10.2. The highest BCUT2D eigenvalue weighted by atomic mass is 16.2. The molecule has 126 valence electrons. The van der Waals surface area contributed by atoms with Crippen LogP contribution < -0.4 is 5.32 Å². The highest BCUT2D eigenvalue weighted by Gasteiger charge is 2.21. The lowest BCUT2D eigenvalue weighted by molar-refractivity contribution is 0.0642. The van der Waals surface area contributed by atoms with E-state index in [9.17, 15) is 4.79 Å². The van der Waals surface area contributed by atoms with Crippen LogP contribution in [0.15, 0.2) is 36.7 Å². The number of hydrogen-bond donors (Lipinski definition) is 1. The molecule has 1 aromatic carbocycles. The number of aromatic nitrogens is 2. The van der Waals surface area contributed by atoms with Gasteiger partial charge in [-0.2, -0.15) is 0 Å². The Morgan fingerprint density at radius 1 is 1.12 bits per heavy atom. The third kappa shape index (κ3) is 3.71. The number of rotatable bonds is 4. The average Bonchev–Trinajstić information content (AvgIpc) is 2.64. The number of carbonyl (C=O) groups is 1. The molecule has 1 aliphatic heterocycles. The number of hydrogen-bond acceptors (Lipinski definition) is 5. The standard InChI is InChI=1S/C18H23N5O/c1-3-22-8-10-23(11-9-22)17(24)15-12-19-18(20-13-15)21-16-7-5-4-6-14(16)2/h4-7,12-13H,3,8-11H2,1-2H3,(H,19,20,21). The Bertz CT molecular complexity index is 693. The van der Waals surface area contributed by atoms with E-state index in [1.165, 1.54) is 0 Å². The predicted octanol–water partition coefficient (Wildman–Crippen LogP) is 2.31. The van der Waals surface area contributed by atoms with E-state index >= 15 is 0 Å². The summed E-state index contributed by atoms with van der Waals surface area (Å²) in [5.74, 6) is 0.504. The summed E-state index contributed by atoms with van der Waals surface area (Å²) in [4.78, 5) is 25.3. The Balaban J connectivity index is 1.64. The number of amides is 1. The molecule has 1 N–H and O–H groups in total. The molecule has 1 fully saturated rings. The van der Waals surface area contributed by atoms with Crippen molar-refractivity contribution < 1.29 is 4.79 Å². The molecule has 6 nitrogen and oxygen atoms in total. The lowest BCUT2D eigenvalue weighted by Crippen LogP contribution is -2.48. The molecule has 1 saturated heterocycles. The number of piperazine rings is 1. The normalized spacial score (nSPS) is 15.3. The summed E-state index contributed by atoms with van der Waals surface area (Å²) in [6, 6.07) is 7.95. The molecular weight excluding hydrogens is 302 g/mol. The van der Waals surface area contributed by atoms with E-state index in [4.69, 9.17) is 0 Å². The molecule has 24 heavy (non-hydrogen) atoms. The molecule has 0 aliphatic carbocycles. The summed E-state index contributed by atoms with van der Waals surface area (Å²) < 4.78 is 0. The monoisotopic (exact) mass is 325 g/mol. The molecule has 0 saturated carbocycles. The van der Waals surface area contributed by atoms with Crippen molar-refractivity contribution in [2.75, 3.05) is 38.0 Å². The zero-order chi connectivity index (χ0) is 16.9. The van der Waals surface area contributed by atoms with Gasteiger partial charge in [0.2, 0.25) is 5.95 Å². The van der Waals surface area contributed by atoms with Gasteiger partial charge in [-0.05, 0) is 25.1 Å². The van der Waals surface area contributed by atoms with Crippen molar-refractivity contribution in [3.05, 3.63) is 47.8 Å². The van der Waals surface area contributed by atoms with Crippen molar-refractivity contribution in [2.24, 2.45) is 0 Å². The van der Waals surface area contributed by atoms with Gasteiger partial charge in [0.05, 0.1) is 5.56 Å². The maximum atomic E-state index is 12.5. The molecule has 0 atom stereocenters. The number of aryl methyl sites for hydroxylation is 1.